The lowest BCUT2D eigenvalue weighted by atomic mass is 10.1. The third-order valence-electron chi connectivity index (χ3n) is 2.78. The van der Waals surface area contributed by atoms with Gasteiger partial charge in [0.1, 0.15) is 17.3 Å². The molecule has 0 spiro atoms. The average Bonchev–Trinajstić information content (AvgIpc) is 2.42. The predicted molar refractivity (Wildman–Crippen MR) is 75.6 cm³/mol. The van der Waals surface area contributed by atoms with Gasteiger partial charge in [0.25, 0.3) is 0 Å². The van der Waals surface area contributed by atoms with E-state index in [0.29, 0.717) is 12.3 Å². The van der Waals surface area contributed by atoms with E-state index in [-0.39, 0.29) is 5.82 Å². The minimum atomic E-state index is -0.273. The highest BCUT2D eigenvalue weighted by atomic mass is 19.1. The Morgan fingerprint density at radius 2 is 1.58 bits per heavy atom. The van der Waals surface area contributed by atoms with E-state index in [1.807, 2.05) is 37.3 Å². The van der Waals surface area contributed by atoms with Gasteiger partial charge in [0, 0.05) is 6.54 Å². The van der Waals surface area contributed by atoms with Crippen LogP contribution in [0.15, 0.2) is 54.6 Å². The first-order valence-corrected chi connectivity index (χ1v) is 6.10. The van der Waals surface area contributed by atoms with Crippen LogP contribution in [0.25, 0.3) is 5.57 Å². The lowest BCUT2D eigenvalue weighted by molar-refractivity contribution is 0.480. The zero-order chi connectivity index (χ0) is 13.7. The van der Waals surface area contributed by atoms with Crippen molar-refractivity contribution in [3.8, 4) is 11.5 Å². The minimum absolute atomic E-state index is 0.273. The van der Waals surface area contributed by atoms with Crippen LogP contribution in [0.3, 0.4) is 0 Å². The normalized spacial score (nSPS) is 11.4. The number of rotatable bonds is 4. The van der Waals surface area contributed by atoms with Crippen LogP contribution in [0.4, 0.5) is 4.39 Å². The summed E-state index contributed by atoms with van der Waals surface area (Å²) in [6.45, 7) is 2.54. The second-order valence-electron chi connectivity index (χ2n) is 4.20. The summed E-state index contributed by atoms with van der Waals surface area (Å²) >= 11 is 0. The van der Waals surface area contributed by atoms with Gasteiger partial charge in [0.05, 0.1) is 0 Å². The quantitative estimate of drug-likeness (QED) is 0.899. The zero-order valence-corrected chi connectivity index (χ0v) is 10.8. The van der Waals surface area contributed by atoms with Gasteiger partial charge in [-0.1, -0.05) is 18.2 Å². The Morgan fingerprint density at radius 3 is 2.11 bits per heavy atom. The Labute approximate surface area is 112 Å². The number of benzene rings is 2. The molecule has 2 aromatic carbocycles. The fourth-order valence-corrected chi connectivity index (χ4v) is 1.72. The Kier molecular flexibility index (Phi) is 4.31. The van der Waals surface area contributed by atoms with E-state index in [0.717, 1.165) is 16.9 Å². The molecule has 0 aliphatic heterocycles. The third-order valence-corrected chi connectivity index (χ3v) is 2.78. The summed E-state index contributed by atoms with van der Waals surface area (Å²) in [5.41, 5.74) is 7.72. The third kappa shape index (κ3) is 3.66. The highest BCUT2D eigenvalue weighted by Gasteiger charge is 1.99. The van der Waals surface area contributed by atoms with E-state index < -0.39 is 0 Å². The van der Waals surface area contributed by atoms with Gasteiger partial charge < -0.3 is 10.5 Å². The SMILES string of the molecule is CC(=CCN)c1ccc(Oc2ccc(F)cc2)cc1. The van der Waals surface area contributed by atoms with Crippen LogP contribution in [-0.2, 0) is 0 Å². The van der Waals surface area contributed by atoms with E-state index in [1.165, 1.54) is 12.1 Å². The van der Waals surface area contributed by atoms with Gasteiger partial charge >= 0.3 is 0 Å². The predicted octanol–water partition coefficient (Wildman–Crippen LogP) is 3.98. The average molecular weight is 257 g/mol. The standard InChI is InChI=1S/C16H16FNO/c1-12(10-11-18)13-2-6-15(7-3-13)19-16-8-4-14(17)5-9-16/h2-10H,11,18H2,1H3. The lowest BCUT2D eigenvalue weighted by Crippen LogP contribution is -1.94. The topological polar surface area (TPSA) is 35.2 Å². The molecule has 98 valence electrons. The second-order valence-corrected chi connectivity index (χ2v) is 4.20. The molecule has 3 heteroatoms. The Morgan fingerprint density at radius 1 is 1.05 bits per heavy atom. The highest BCUT2D eigenvalue weighted by molar-refractivity contribution is 5.64. The van der Waals surface area contributed by atoms with Crippen molar-refractivity contribution in [3.63, 3.8) is 0 Å². The lowest BCUT2D eigenvalue weighted by Gasteiger charge is -2.07. The van der Waals surface area contributed by atoms with Crippen LogP contribution < -0.4 is 10.5 Å². The van der Waals surface area contributed by atoms with Crippen molar-refractivity contribution in [3.05, 3.63) is 66.0 Å². The zero-order valence-electron chi connectivity index (χ0n) is 10.8. The summed E-state index contributed by atoms with van der Waals surface area (Å²) in [5, 5.41) is 0. The van der Waals surface area contributed by atoms with Crippen LogP contribution in [-0.4, -0.2) is 6.54 Å². The van der Waals surface area contributed by atoms with E-state index in [9.17, 15) is 4.39 Å². The van der Waals surface area contributed by atoms with E-state index in [2.05, 4.69) is 0 Å². The van der Waals surface area contributed by atoms with Crippen molar-refractivity contribution in [2.75, 3.05) is 6.54 Å². The van der Waals surface area contributed by atoms with Crippen molar-refractivity contribution in [2.24, 2.45) is 5.73 Å². The minimum Gasteiger partial charge on any atom is -0.457 e. The number of hydrogen-bond acceptors (Lipinski definition) is 2. The molecule has 2 rings (SSSR count). The van der Waals surface area contributed by atoms with Crippen LogP contribution >= 0.6 is 0 Å². The molecular weight excluding hydrogens is 241 g/mol. The fraction of sp³-hybridized carbons (Fsp3) is 0.125. The van der Waals surface area contributed by atoms with E-state index in [4.69, 9.17) is 10.5 Å². The molecule has 0 unspecified atom stereocenters. The number of halogens is 1. The molecule has 0 bridgehead atoms. The van der Waals surface area contributed by atoms with Crippen LogP contribution in [0, 0.1) is 5.82 Å². The maximum Gasteiger partial charge on any atom is 0.127 e. The largest absolute Gasteiger partial charge is 0.457 e. The van der Waals surface area contributed by atoms with Gasteiger partial charge in [-0.05, 0) is 54.5 Å². The molecule has 19 heavy (non-hydrogen) atoms. The van der Waals surface area contributed by atoms with Crippen molar-refractivity contribution >= 4 is 5.57 Å². The molecule has 0 radical (unpaired) electrons. The van der Waals surface area contributed by atoms with Crippen molar-refractivity contribution in [1.82, 2.24) is 0 Å². The molecule has 0 heterocycles. The number of allylic oxidation sites excluding steroid dienone is 1. The molecule has 2 aromatic rings. The number of hydrogen-bond donors (Lipinski definition) is 1. The molecule has 0 saturated heterocycles. The van der Waals surface area contributed by atoms with E-state index in [1.54, 1.807) is 12.1 Å². The van der Waals surface area contributed by atoms with Gasteiger partial charge in [0.15, 0.2) is 0 Å². The summed E-state index contributed by atoms with van der Waals surface area (Å²) in [5.74, 6) is 1.06. The van der Waals surface area contributed by atoms with Gasteiger partial charge in [-0.15, -0.1) is 0 Å². The van der Waals surface area contributed by atoms with Gasteiger partial charge in [-0.3, -0.25) is 0 Å². The first kappa shape index (κ1) is 13.3. The fourth-order valence-electron chi connectivity index (χ4n) is 1.72. The Hall–Kier alpha value is -2.13. The Balaban J connectivity index is 2.10. The van der Waals surface area contributed by atoms with Crippen molar-refractivity contribution in [2.45, 2.75) is 6.92 Å². The molecule has 0 aromatic heterocycles. The maximum atomic E-state index is 12.8. The molecular formula is C16H16FNO. The second kappa shape index (κ2) is 6.16. The summed E-state index contributed by atoms with van der Waals surface area (Å²) in [4.78, 5) is 0. The number of ether oxygens (including phenoxy) is 1. The summed E-state index contributed by atoms with van der Waals surface area (Å²) in [6.07, 6.45) is 1.97. The molecule has 0 aliphatic carbocycles. The summed E-state index contributed by atoms with van der Waals surface area (Å²) in [6, 6.07) is 13.7. The monoisotopic (exact) mass is 257 g/mol. The van der Waals surface area contributed by atoms with Gasteiger partial charge in [-0.2, -0.15) is 0 Å². The molecule has 0 saturated carbocycles. The molecule has 0 fully saturated rings. The maximum absolute atomic E-state index is 12.8. The van der Waals surface area contributed by atoms with Crippen molar-refractivity contribution in [1.29, 1.82) is 0 Å². The van der Waals surface area contributed by atoms with E-state index >= 15 is 0 Å². The smallest absolute Gasteiger partial charge is 0.127 e. The first-order chi connectivity index (χ1) is 9.19. The Bertz CT molecular complexity index is 558. The van der Waals surface area contributed by atoms with Crippen LogP contribution in [0.5, 0.6) is 11.5 Å². The highest BCUT2D eigenvalue weighted by Crippen LogP contribution is 2.23. The molecule has 2 N–H and O–H groups in total. The molecule has 0 amide bonds. The number of nitrogens with two attached hydrogens (primary N) is 1. The first-order valence-electron chi connectivity index (χ1n) is 6.10. The molecule has 2 nitrogen and oxygen atoms in total. The van der Waals surface area contributed by atoms with Crippen LogP contribution in [0.1, 0.15) is 12.5 Å². The summed E-state index contributed by atoms with van der Waals surface area (Å²) < 4.78 is 18.4. The van der Waals surface area contributed by atoms with Crippen molar-refractivity contribution < 1.29 is 9.13 Å². The van der Waals surface area contributed by atoms with Crippen LogP contribution in [0.2, 0.25) is 0 Å². The van der Waals surface area contributed by atoms with Gasteiger partial charge in [-0.25, -0.2) is 4.39 Å². The molecule has 0 aliphatic rings. The van der Waals surface area contributed by atoms with Gasteiger partial charge in [0.2, 0.25) is 0 Å². The molecule has 0 atom stereocenters. The summed E-state index contributed by atoms with van der Waals surface area (Å²) in [7, 11) is 0.